The van der Waals surface area contributed by atoms with Gasteiger partial charge in [-0.15, -0.1) is 6.58 Å². The number of Topliss-reactive ketones (excluding diaryl/α,β-unsaturated/α-hetero) is 1. The van der Waals surface area contributed by atoms with Crippen molar-refractivity contribution < 1.29 is 22.7 Å². The van der Waals surface area contributed by atoms with E-state index in [1.165, 1.54) is 25.1 Å². The smallest absolute Gasteiger partial charge is 0.311 e. The maximum atomic E-state index is 12.9. The number of rotatable bonds is 7. The van der Waals surface area contributed by atoms with Gasteiger partial charge in [0.05, 0.1) is 11.4 Å². The van der Waals surface area contributed by atoms with Crippen LogP contribution in [0.5, 0.6) is 0 Å². The van der Waals surface area contributed by atoms with Gasteiger partial charge in [-0.1, -0.05) is 31.6 Å². The largest absolute Gasteiger partial charge is 0.423 e. The van der Waals surface area contributed by atoms with Crippen LogP contribution in [0, 0.1) is 0 Å². The number of ketones is 1. The molecule has 0 atom stereocenters. The summed E-state index contributed by atoms with van der Waals surface area (Å²) in [5.74, 6) is -1.01. The third-order valence-electron chi connectivity index (χ3n) is 3.74. The molecule has 25 heavy (non-hydrogen) atoms. The Labute approximate surface area is 147 Å². The Balaban J connectivity index is 2.67. The summed E-state index contributed by atoms with van der Waals surface area (Å²) < 4.78 is 32.1. The molecule has 6 nitrogen and oxygen atoms in total. The molecule has 2 rings (SSSR count). The fraction of sp³-hybridized carbons (Fsp3) is 0.333. The third kappa shape index (κ3) is 3.66. The molecule has 7 heteroatoms. The molecule has 0 unspecified atom stereocenters. The van der Waals surface area contributed by atoms with Crippen molar-refractivity contribution in [2.45, 2.75) is 38.0 Å². The number of esters is 1. The minimum absolute atomic E-state index is 0.000131. The van der Waals surface area contributed by atoms with Gasteiger partial charge < -0.3 is 4.74 Å². The fourth-order valence-electron chi connectivity index (χ4n) is 2.59. The molecule has 0 spiro atoms. The van der Waals surface area contributed by atoms with E-state index >= 15 is 0 Å². The van der Waals surface area contributed by atoms with Crippen LogP contribution in [0.3, 0.4) is 0 Å². The molecule has 1 aliphatic rings. The second-order valence-electron chi connectivity index (χ2n) is 5.63. The van der Waals surface area contributed by atoms with E-state index < -0.39 is 21.8 Å². The summed E-state index contributed by atoms with van der Waals surface area (Å²) in [6, 6.07) is 6.17. The van der Waals surface area contributed by atoms with Crippen molar-refractivity contribution in [3.63, 3.8) is 0 Å². The van der Waals surface area contributed by atoms with Crippen molar-refractivity contribution in [3.05, 3.63) is 48.2 Å². The Kier molecular flexibility index (Phi) is 5.79. The Morgan fingerprint density at radius 3 is 2.56 bits per heavy atom. The Morgan fingerprint density at radius 2 is 1.96 bits per heavy atom. The first-order valence-electron chi connectivity index (χ1n) is 8.03. The number of unbranched alkanes of at least 4 members (excludes halogenated alkanes) is 1. The fourth-order valence-corrected chi connectivity index (χ4v) is 4.27. The summed E-state index contributed by atoms with van der Waals surface area (Å²) in [6.45, 7) is 6.64. The molecule has 134 valence electrons. The highest BCUT2D eigenvalue weighted by Crippen LogP contribution is 2.37. The van der Waals surface area contributed by atoms with Crippen molar-refractivity contribution in [1.29, 1.82) is 0 Å². The van der Waals surface area contributed by atoms with E-state index in [0.29, 0.717) is 6.42 Å². The predicted octanol–water partition coefficient (Wildman–Crippen LogP) is 2.87. The van der Waals surface area contributed by atoms with E-state index in [-0.39, 0.29) is 34.9 Å². The average Bonchev–Trinajstić information content (AvgIpc) is 2.57. The van der Waals surface area contributed by atoms with E-state index in [1.54, 1.807) is 12.1 Å². The first kappa shape index (κ1) is 18.9. The standard InChI is InChI=1S/C18H21NO5S/c1-4-6-11-16(21)24-18-14-9-7-8-10-15(14)25(22,23)19(12-5-2)17(18)13(3)20/h5,7-10H,2,4,6,11-12H2,1,3H3. The molecule has 1 aromatic rings. The maximum absolute atomic E-state index is 12.9. The van der Waals surface area contributed by atoms with E-state index in [4.69, 9.17) is 4.74 Å². The minimum Gasteiger partial charge on any atom is -0.423 e. The minimum atomic E-state index is -3.93. The molecule has 1 aliphatic heterocycles. The zero-order valence-corrected chi connectivity index (χ0v) is 15.1. The maximum Gasteiger partial charge on any atom is 0.311 e. The van der Waals surface area contributed by atoms with E-state index in [2.05, 4.69) is 6.58 Å². The number of benzene rings is 1. The van der Waals surface area contributed by atoms with Gasteiger partial charge in [-0.25, -0.2) is 8.42 Å². The van der Waals surface area contributed by atoms with Gasteiger partial charge in [0.1, 0.15) is 5.70 Å². The zero-order chi connectivity index (χ0) is 18.6. The van der Waals surface area contributed by atoms with E-state index in [1.807, 2.05) is 6.92 Å². The predicted molar refractivity (Wildman–Crippen MR) is 93.7 cm³/mol. The van der Waals surface area contributed by atoms with E-state index in [9.17, 15) is 18.0 Å². The molecule has 0 amide bonds. The number of fused-ring (bicyclic) bond motifs is 1. The number of sulfonamides is 1. The van der Waals surface area contributed by atoms with Crippen LogP contribution < -0.4 is 0 Å². The number of ether oxygens (including phenoxy) is 1. The average molecular weight is 363 g/mol. The highest BCUT2D eigenvalue weighted by molar-refractivity contribution is 7.89. The molecule has 0 bridgehead atoms. The number of nitrogens with zero attached hydrogens (tertiary/aromatic N) is 1. The molecular weight excluding hydrogens is 342 g/mol. The van der Waals surface area contributed by atoms with Gasteiger partial charge in [0, 0.05) is 18.9 Å². The molecular formula is C18H21NO5S. The number of hydrogen-bond acceptors (Lipinski definition) is 5. The lowest BCUT2D eigenvalue weighted by Gasteiger charge is -2.31. The first-order valence-corrected chi connectivity index (χ1v) is 9.47. The van der Waals surface area contributed by atoms with Gasteiger partial charge in [0.15, 0.2) is 11.5 Å². The van der Waals surface area contributed by atoms with Crippen LogP contribution >= 0.6 is 0 Å². The van der Waals surface area contributed by atoms with Crippen molar-refractivity contribution >= 4 is 27.5 Å². The van der Waals surface area contributed by atoms with Crippen LogP contribution in [0.4, 0.5) is 0 Å². The van der Waals surface area contributed by atoms with Gasteiger partial charge >= 0.3 is 5.97 Å². The van der Waals surface area contributed by atoms with Crippen molar-refractivity contribution in [2.24, 2.45) is 0 Å². The van der Waals surface area contributed by atoms with Gasteiger partial charge in [-0.2, -0.15) is 0 Å². The Bertz CT molecular complexity index is 839. The normalized spacial score (nSPS) is 15.5. The first-order chi connectivity index (χ1) is 11.8. The summed E-state index contributed by atoms with van der Waals surface area (Å²) in [5, 5.41) is 0. The number of allylic oxidation sites excluding steroid dienone is 1. The van der Waals surface area contributed by atoms with Crippen LogP contribution in [-0.4, -0.2) is 31.0 Å². The molecule has 1 aromatic carbocycles. The lowest BCUT2D eigenvalue weighted by atomic mass is 10.1. The van der Waals surface area contributed by atoms with Gasteiger partial charge in [-0.05, 0) is 18.6 Å². The van der Waals surface area contributed by atoms with Gasteiger partial charge in [0.2, 0.25) is 0 Å². The highest BCUT2D eigenvalue weighted by Gasteiger charge is 2.39. The van der Waals surface area contributed by atoms with Crippen molar-refractivity contribution in [3.8, 4) is 0 Å². The second kappa shape index (κ2) is 7.65. The number of carbonyl (C=O) groups is 2. The monoisotopic (exact) mass is 363 g/mol. The molecule has 0 aromatic heterocycles. The lowest BCUT2D eigenvalue weighted by Crippen LogP contribution is -2.38. The number of carbonyl (C=O) groups excluding carboxylic acids is 2. The summed E-state index contributed by atoms with van der Waals surface area (Å²) in [6.07, 6.45) is 3.05. The molecule has 0 saturated heterocycles. The van der Waals surface area contributed by atoms with Crippen LogP contribution in [-0.2, 0) is 24.3 Å². The van der Waals surface area contributed by atoms with Gasteiger partial charge in [-0.3, -0.25) is 13.9 Å². The topological polar surface area (TPSA) is 80.8 Å². The third-order valence-corrected chi connectivity index (χ3v) is 5.57. The highest BCUT2D eigenvalue weighted by atomic mass is 32.2. The summed E-state index contributed by atoms with van der Waals surface area (Å²) in [7, 11) is -3.93. The Morgan fingerprint density at radius 1 is 1.28 bits per heavy atom. The molecule has 0 fully saturated rings. The van der Waals surface area contributed by atoms with Crippen LogP contribution in [0.2, 0.25) is 0 Å². The molecule has 1 heterocycles. The van der Waals surface area contributed by atoms with Crippen LogP contribution in [0.15, 0.2) is 47.5 Å². The quantitative estimate of drug-likeness (QED) is 0.550. The van der Waals surface area contributed by atoms with Crippen LogP contribution in [0.1, 0.15) is 38.7 Å². The SMILES string of the molecule is C=CCN1C(C(C)=O)=C(OC(=O)CCCC)c2ccccc2S1(=O)=O. The molecule has 0 N–H and O–H groups in total. The summed E-state index contributed by atoms with van der Waals surface area (Å²) in [4.78, 5) is 24.3. The molecule has 0 saturated carbocycles. The van der Waals surface area contributed by atoms with Crippen molar-refractivity contribution in [1.82, 2.24) is 4.31 Å². The summed E-state index contributed by atoms with van der Waals surface area (Å²) in [5.41, 5.74) is 0.0707. The van der Waals surface area contributed by atoms with Gasteiger partial charge in [0.25, 0.3) is 10.0 Å². The Hall–Kier alpha value is -2.41. The van der Waals surface area contributed by atoms with Crippen molar-refractivity contribution in [2.75, 3.05) is 6.54 Å². The lowest BCUT2D eigenvalue weighted by molar-refractivity contribution is -0.136. The zero-order valence-electron chi connectivity index (χ0n) is 14.3. The molecule has 0 aliphatic carbocycles. The summed E-state index contributed by atoms with van der Waals surface area (Å²) >= 11 is 0. The second-order valence-corrected chi connectivity index (χ2v) is 7.46. The number of hydrogen-bond donors (Lipinski definition) is 0. The van der Waals surface area contributed by atoms with Crippen LogP contribution in [0.25, 0.3) is 5.76 Å². The molecule has 0 radical (unpaired) electrons. The van der Waals surface area contributed by atoms with E-state index in [0.717, 1.165) is 10.7 Å².